The molecule has 0 saturated heterocycles. The number of rotatable bonds is 6. The summed E-state index contributed by atoms with van der Waals surface area (Å²) in [5, 5.41) is 4.97. The van der Waals surface area contributed by atoms with Gasteiger partial charge in [-0.05, 0) is 89.3 Å². The number of hydrogen-bond donors (Lipinski definition) is 0. The van der Waals surface area contributed by atoms with Crippen LogP contribution in [0, 0.1) is 0 Å². The number of hydrogen-bond acceptors (Lipinski definition) is 2. The van der Waals surface area contributed by atoms with E-state index in [2.05, 4.69) is 214 Å². The third kappa shape index (κ3) is 5.79. The quantitative estimate of drug-likeness (QED) is 0.169. The molecule has 0 saturated carbocycles. The lowest BCUT2D eigenvalue weighted by atomic mass is 9.80. The Morgan fingerprint density at radius 2 is 0.898 bits per heavy atom. The highest BCUT2D eigenvalue weighted by molar-refractivity contribution is 6.09. The largest absolute Gasteiger partial charge is 0.228 e. The molecule has 9 aromatic carbocycles. The number of benzene rings is 9. The van der Waals surface area contributed by atoms with Gasteiger partial charge in [0.2, 0.25) is 0 Å². The summed E-state index contributed by atoms with van der Waals surface area (Å²) in [6, 6.07) is 74.2. The van der Waals surface area contributed by atoms with Crippen LogP contribution in [0.25, 0.3) is 100.0 Å². The fraction of sp³-hybridized carbons (Fsp3) is 0.0526. The lowest BCUT2D eigenvalue weighted by molar-refractivity contribution is 0.666. The molecule has 0 unspecified atom stereocenters. The van der Waals surface area contributed by atoms with Crippen molar-refractivity contribution in [2.45, 2.75) is 19.3 Å². The normalized spacial score (nSPS) is 12.7. The van der Waals surface area contributed by atoms with Crippen LogP contribution < -0.4 is 0 Å². The molecule has 0 radical (unpaired) electrons. The van der Waals surface area contributed by atoms with Crippen LogP contribution >= 0.6 is 0 Å². The maximum absolute atomic E-state index is 5.36. The van der Waals surface area contributed by atoms with Crippen LogP contribution in [-0.4, -0.2) is 9.97 Å². The average Bonchev–Trinajstić information content (AvgIpc) is 3.55. The van der Waals surface area contributed by atoms with E-state index >= 15 is 0 Å². The van der Waals surface area contributed by atoms with Gasteiger partial charge in [0.1, 0.15) is 0 Å². The summed E-state index contributed by atoms with van der Waals surface area (Å²) in [5.74, 6) is 0.697. The van der Waals surface area contributed by atoms with E-state index in [9.17, 15) is 0 Å². The van der Waals surface area contributed by atoms with Crippen molar-refractivity contribution < 1.29 is 0 Å². The topological polar surface area (TPSA) is 25.8 Å². The molecule has 0 atom stereocenters. The van der Waals surface area contributed by atoms with Crippen molar-refractivity contribution in [2.75, 3.05) is 0 Å². The third-order valence-corrected chi connectivity index (χ3v) is 12.3. The molecule has 11 rings (SSSR count). The van der Waals surface area contributed by atoms with Gasteiger partial charge in [-0.1, -0.05) is 208 Å². The minimum absolute atomic E-state index is 0.140. The molecule has 2 heteroatoms. The minimum atomic E-state index is -0.140. The van der Waals surface area contributed by atoms with E-state index in [1.807, 2.05) is 6.07 Å². The molecule has 278 valence electrons. The van der Waals surface area contributed by atoms with Crippen LogP contribution in [0.5, 0.6) is 0 Å². The summed E-state index contributed by atoms with van der Waals surface area (Å²) < 4.78 is 0. The van der Waals surface area contributed by atoms with Gasteiger partial charge >= 0.3 is 0 Å². The second kappa shape index (κ2) is 13.9. The van der Waals surface area contributed by atoms with Crippen molar-refractivity contribution in [1.29, 1.82) is 0 Å². The van der Waals surface area contributed by atoms with Crippen LogP contribution in [0.4, 0.5) is 0 Å². The van der Waals surface area contributed by atoms with E-state index in [0.29, 0.717) is 5.82 Å². The molecule has 0 bridgehead atoms. The Kier molecular flexibility index (Phi) is 8.20. The molecule has 0 N–H and O–H groups in total. The molecule has 0 amide bonds. The molecule has 1 aliphatic carbocycles. The summed E-state index contributed by atoms with van der Waals surface area (Å²) in [6.45, 7) is 4.76. The summed E-state index contributed by atoms with van der Waals surface area (Å²) >= 11 is 0. The van der Waals surface area contributed by atoms with E-state index in [1.165, 1.54) is 55.1 Å². The van der Waals surface area contributed by atoms with E-state index in [1.54, 1.807) is 0 Å². The van der Waals surface area contributed by atoms with Gasteiger partial charge < -0.3 is 0 Å². The van der Waals surface area contributed by atoms with Gasteiger partial charge in [-0.25, -0.2) is 9.97 Å². The highest BCUT2D eigenvalue weighted by atomic mass is 14.9. The van der Waals surface area contributed by atoms with Gasteiger partial charge in [0.15, 0.2) is 5.82 Å². The molecule has 1 aromatic heterocycles. The zero-order valence-electron chi connectivity index (χ0n) is 33.0. The van der Waals surface area contributed by atoms with Crippen LogP contribution in [0.1, 0.15) is 25.0 Å². The average molecular weight is 753 g/mol. The zero-order valence-corrected chi connectivity index (χ0v) is 33.0. The van der Waals surface area contributed by atoms with Crippen molar-refractivity contribution >= 4 is 21.5 Å². The standard InChI is InChI=1S/C57H40N2/c1-57(2)51-28-16-27-48(54(51)49-32-29-39-21-12-13-24-43(39)55(49)57)46-33-34-47(45-26-15-14-25-44(45)46)52-36-53(59-56(58-52)40-22-10-5-11-23-40)50-35-41(37-17-6-3-7-18-37)30-31-42(50)38-19-8-4-9-20-38/h3-36H,1-2H3. The molecule has 0 spiro atoms. The van der Waals surface area contributed by atoms with E-state index < -0.39 is 0 Å². The zero-order chi connectivity index (χ0) is 39.5. The lowest BCUT2D eigenvalue weighted by Crippen LogP contribution is -2.15. The van der Waals surface area contributed by atoms with Crippen LogP contribution in [-0.2, 0) is 5.41 Å². The predicted octanol–water partition coefficient (Wildman–Crippen LogP) is 15.1. The number of aromatic nitrogens is 2. The first-order valence-electron chi connectivity index (χ1n) is 20.4. The fourth-order valence-electron chi connectivity index (χ4n) is 9.51. The summed E-state index contributed by atoms with van der Waals surface area (Å²) in [4.78, 5) is 10.7. The predicted molar refractivity (Wildman–Crippen MR) is 247 cm³/mol. The lowest BCUT2D eigenvalue weighted by Gasteiger charge is -2.23. The Hall–Kier alpha value is -7.42. The van der Waals surface area contributed by atoms with Gasteiger partial charge in [0, 0.05) is 22.1 Å². The first-order valence-corrected chi connectivity index (χ1v) is 20.4. The smallest absolute Gasteiger partial charge is 0.160 e. The molecule has 59 heavy (non-hydrogen) atoms. The van der Waals surface area contributed by atoms with Gasteiger partial charge in [-0.15, -0.1) is 0 Å². The molecule has 0 fully saturated rings. The van der Waals surface area contributed by atoms with Crippen molar-refractivity contribution in [3.63, 3.8) is 0 Å². The van der Waals surface area contributed by atoms with E-state index in [0.717, 1.165) is 50.2 Å². The van der Waals surface area contributed by atoms with Crippen molar-refractivity contribution in [3.05, 3.63) is 217 Å². The van der Waals surface area contributed by atoms with Gasteiger partial charge in [0.05, 0.1) is 11.4 Å². The van der Waals surface area contributed by atoms with Crippen LogP contribution in [0.2, 0.25) is 0 Å². The highest BCUT2D eigenvalue weighted by Gasteiger charge is 2.38. The first kappa shape index (κ1) is 34.8. The second-order valence-electron chi connectivity index (χ2n) is 16.1. The Bertz CT molecular complexity index is 3220. The summed E-state index contributed by atoms with van der Waals surface area (Å²) in [7, 11) is 0. The number of nitrogens with zero attached hydrogens (tertiary/aromatic N) is 2. The van der Waals surface area contributed by atoms with Crippen molar-refractivity contribution in [3.8, 4) is 78.4 Å². The Balaban J connectivity index is 1.13. The maximum Gasteiger partial charge on any atom is 0.160 e. The highest BCUT2D eigenvalue weighted by Crippen LogP contribution is 2.55. The Morgan fingerprint density at radius 1 is 0.339 bits per heavy atom. The second-order valence-corrected chi connectivity index (χ2v) is 16.1. The Labute approximate surface area is 345 Å². The van der Waals surface area contributed by atoms with Crippen LogP contribution in [0.15, 0.2) is 206 Å². The van der Waals surface area contributed by atoms with Gasteiger partial charge in [-0.3, -0.25) is 0 Å². The SMILES string of the molecule is CC1(C)c2cccc(-c3ccc(-c4cc(-c5cc(-c6ccccc6)ccc5-c5ccccc5)nc(-c5ccccc5)n4)c4ccccc34)c2-c2ccc3ccccc3c21. The van der Waals surface area contributed by atoms with E-state index in [4.69, 9.17) is 9.97 Å². The Morgan fingerprint density at radius 3 is 1.63 bits per heavy atom. The monoisotopic (exact) mass is 752 g/mol. The molecule has 0 aliphatic heterocycles. The molecular formula is C57H40N2. The molecule has 1 aliphatic rings. The van der Waals surface area contributed by atoms with Crippen LogP contribution in [0.3, 0.4) is 0 Å². The fourth-order valence-corrected chi connectivity index (χ4v) is 9.51. The van der Waals surface area contributed by atoms with E-state index in [-0.39, 0.29) is 5.41 Å². The summed E-state index contributed by atoms with van der Waals surface area (Å²) in [5.41, 5.74) is 17.2. The first-order chi connectivity index (χ1) is 29.0. The van der Waals surface area contributed by atoms with Gasteiger partial charge in [-0.2, -0.15) is 0 Å². The maximum atomic E-state index is 5.36. The molecule has 10 aromatic rings. The summed E-state index contributed by atoms with van der Waals surface area (Å²) in [6.07, 6.45) is 0. The molecular weight excluding hydrogens is 713 g/mol. The van der Waals surface area contributed by atoms with Crippen molar-refractivity contribution in [1.82, 2.24) is 9.97 Å². The minimum Gasteiger partial charge on any atom is -0.228 e. The molecule has 2 nitrogen and oxygen atoms in total. The molecule has 1 heterocycles. The van der Waals surface area contributed by atoms with Gasteiger partial charge in [0.25, 0.3) is 0 Å². The third-order valence-electron chi connectivity index (χ3n) is 12.3. The number of fused-ring (bicyclic) bond motifs is 6. The van der Waals surface area contributed by atoms with Crippen molar-refractivity contribution in [2.24, 2.45) is 0 Å².